The molecule has 13 heteroatoms. The van der Waals surface area contributed by atoms with Crippen LogP contribution < -0.4 is 20.1 Å². The maximum Gasteiger partial charge on any atom is 0.415 e. The lowest BCUT2D eigenvalue weighted by molar-refractivity contribution is -0.129. The number of aliphatic hydroxyl groups excluding tert-OH is 1. The zero-order valence-corrected chi connectivity index (χ0v) is 33.5. The quantitative estimate of drug-likeness (QED) is 0.142. The molecule has 1 heterocycles. The Balaban J connectivity index is 1.88. The summed E-state index contributed by atoms with van der Waals surface area (Å²) >= 11 is 0. The molecule has 2 aromatic rings. The van der Waals surface area contributed by atoms with Crippen LogP contribution in [0.15, 0.2) is 42.5 Å². The number of halogens is 1. The number of rotatable bonds is 18. The van der Waals surface area contributed by atoms with Crippen molar-refractivity contribution in [2.45, 2.75) is 97.9 Å². The van der Waals surface area contributed by atoms with Crippen LogP contribution in [0.2, 0.25) is 0 Å². The lowest BCUT2D eigenvalue weighted by Crippen LogP contribution is -2.58. The van der Waals surface area contributed by atoms with Crippen LogP contribution in [0.25, 0.3) is 0 Å². The maximum atomic E-state index is 13.9. The van der Waals surface area contributed by atoms with Gasteiger partial charge in [-0.2, -0.15) is 0 Å². The minimum atomic E-state index is -1.12. The van der Waals surface area contributed by atoms with Crippen molar-refractivity contribution in [1.82, 2.24) is 15.5 Å². The molecule has 54 heavy (non-hydrogen) atoms. The van der Waals surface area contributed by atoms with Gasteiger partial charge in [-0.3, -0.25) is 4.79 Å². The normalized spacial score (nSPS) is 19.1. The third-order valence-electron chi connectivity index (χ3n) is 9.74. The Morgan fingerprint density at radius 3 is 2.35 bits per heavy atom. The third-order valence-corrected chi connectivity index (χ3v) is 9.74. The maximum absolute atomic E-state index is 13.9. The largest absolute Gasteiger partial charge is 0.493 e. The smallest absolute Gasteiger partial charge is 0.415 e. The first-order chi connectivity index (χ1) is 25.6. The fourth-order valence-corrected chi connectivity index (χ4v) is 6.79. The molecular formula is C41H62FN3O9. The zero-order chi connectivity index (χ0) is 40.0. The molecule has 1 aliphatic heterocycles. The predicted molar refractivity (Wildman–Crippen MR) is 204 cm³/mol. The highest BCUT2D eigenvalue weighted by Gasteiger charge is 2.42. The molecule has 0 saturated carbocycles. The fraction of sp³-hybridized carbons (Fsp3) is 0.634. The van der Waals surface area contributed by atoms with Crippen LogP contribution in [0.5, 0.6) is 11.5 Å². The van der Waals surface area contributed by atoms with Gasteiger partial charge in [0.2, 0.25) is 5.91 Å². The number of hydrogen-bond acceptors (Lipinski definition) is 9. The number of likely N-dealkylation sites (tertiary alicyclic amines) is 1. The number of hydrogen-bond donors (Lipinski definition) is 3. The molecule has 0 aromatic heterocycles. The molecule has 3 N–H and O–H groups in total. The van der Waals surface area contributed by atoms with Crippen molar-refractivity contribution in [3.63, 3.8) is 0 Å². The van der Waals surface area contributed by atoms with Crippen molar-refractivity contribution < 1.29 is 47.6 Å². The summed E-state index contributed by atoms with van der Waals surface area (Å²) in [5, 5.41) is 17.4. The highest BCUT2D eigenvalue weighted by Crippen LogP contribution is 2.36. The fourth-order valence-electron chi connectivity index (χ4n) is 6.79. The highest BCUT2D eigenvalue weighted by atomic mass is 19.1. The minimum Gasteiger partial charge on any atom is -0.493 e. The number of carbonyl (C=O) groups excluding carboxylic acids is 3. The van der Waals surface area contributed by atoms with Gasteiger partial charge < -0.3 is 39.0 Å². The second kappa shape index (κ2) is 21.2. The molecule has 0 spiro atoms. The molecule has 0 bridgehead atoms. The molecule has 0 radical (unpaired) electrons. The molecule has 0 aliphatic carbocycles. The monoisotopic (exact) mass is 759 g/mol. The van der Waals surface area contributed by atoms with Crippen LogP contribution in [0.1, 0.15) is 84.9 Å². The van der Waals surface area contributed by atoms with E-state index >= 15 is 0 Å². The number of alkyl carbamates (subject to hydrolysis) is 1. The number of amides is 4. The lowest BCUT2D eigenvalue weighted by atomic mass is 9.76. The third kappa shape index (κ3) is 13.7. The van der Waals surface area contributed by atoms with Gasteiger partial charge in [-0.1, -0.05) is 39.0 Å². The van der Waals surface area contributed by atoms with E-state index in [0.717, 1.165) is 12.0 Å². The Morgan fingerprint density at radius 2 is 1.74 bits per heavy atom. The summed E-state index contributed by atoms with van der Waals surface area (Å²) in [5.74, 6) is -0.231. The van der Waals surface area contributed by atoms with Crippen molar-refractivity contribution in [3.8, 4) is 11.5 Å². The first-order valence-electron chi connectivity index (χ1n) is 19.0. The van der Waals surface area contributed by atoms with Gasteiger partial charge in [-0.05, 0) is 100 Å². The summed E-state index contributed by atoms with van der Waals surface area (Å²) in [6.45, 7) is 14.8. The van der Waals surface area contributed by atoms with E-state index in [0.29, 0.717) is 49.7 Å². The predicted octanol–water partition coefficient (Wildman–Crippen LogP) is 6.68. The van der Waals surface area contributed by atoms with E-state index < -0.39 is 41.8 Å². The number of imide groups is 1. The first kappa shape index (κ1) is 44.5. The van der Waals surface area contributed by atoms with Crippen molar-refractivity contribution >= 4 is 18.0 Å². The number of nitrogens with zero attached hydrogens (tertiary/aromatic N) is 1. The van der Waals surface area contributed by atoms with Crippen LogP contribution in [-0.2, 0) is 25.4 Å². The average Bonchev–Trinajstić information content (AvgIpc) is 3.10. The van der Waals surface area contributed by atoms with Crippen molar-refractivity contribution in [2.24, 2.45) is 23.7 Å². The van der Waals surface area contributed by atoms with E-state index in [1.807, 2.05) is 45.9 Å². The summed E-state index contributed by atoms with van der Waals surface area (Å²) in [6.07, 6.45) is -0.177. The van der Waals surface area contributed by atoms with Crippen molar-refractivity contribution in [1.29, 1.82) is 0 Å². The Morgan fingerprint density at radius 1 is 1.04 bits per heavy atom. The summed E-state index contributed by atoms with van der Waals surface area (Å²) in [5.41, 5.74) is 0.882. The Labute approximate surface area is 320 Å². The molecular weight excluding hydrogens is 697 g/mol. The SMILES string of the molecule is CCOC[C@@H](NC(=O)[C@@H](C[C@H](O)[C@@H]1C[C@H](Cc2ccc(OC)c(OCCCOC)c2)[C@H](C)CN1C(=O)NC(=O)OC(C)(C)C)C(C)C)c1ccc(F)cc1. The number of piperidine rings is 1. The standard InChI is InChI=1S/C41H62FN3O9/c1-10-52-25-33(29-13-15-31(42)16-14-29)43-38(47)32(26(2)3)23-35(46)34-22-30(27(4)24-45(34)39(48)44-40(49)54-41(5,6)7)20-28-12-17-36(51-9)37(21-28)53-19-11-18-50-8/h12-17,21,26-27,30,32-35,46H,10-11,18-20,22-25H2,1-9H3,(H,43,47)(H,44,48,49)/t27-,30+,32+,33-,34+,35+/m1/s1. The van der Waals surface area contributed by atoms with Crippen LogP contribution in [-0.4, -0.2) is 93.0 Å². The second-order valence-electron chi connectivity index (χ2n) is 15.4. The van der Waals surface area contributed by atoms with Crippen LogP contribution in [0, 0.1) is 29.5 Å². The molecule has 4 amide bonds. The molecule has 6 atom stereocenters. The molecule has 1 fully saturated rings. The van der Waals surface area contributed by atoms with E-state index in [2.05, 4.69) is 10.6 Å². The van der Waals surface area contributed by atoms with E-state index in [1.165, 1.54) is 17.0 Å². The van der Waals surface area contributed by atoms with Gasteiger partial charge in [-0.15, -0.1) is 0 Å². The van der Waals surface area contributed by atoms with Gasteiger partial charge >= 0.3 is 12.1 Å². The van der Waals surface area contributed by atoms with Gasteiger partial charge in [0.15, 0.2) is 11.5 Å². The summed E-state index contributed by atoms with van der Waals surface area (Å²) in [4.78, 5) is 41.8. The topological polar surface area (TPSA) is 145 Å². The van der Waals surface area contributed by atoms with Crippen LogP contribution in [0.3, 0.4) is 0 Å². The molecule has 2 aromatic carbocycles. The summed E-state index contributed by atoms with van der Waals surface area (Å²) in [7, 11) is 3.24. The Bertz CT molecular complexity index is 1480. The van der Waals surface area contributed by atoms with Crippen molar-refractivity contribution in [3.05, 3.63) is 59.4 Å². The molecule has 3 rings (SSSR count). The lowest BCUT2D eigenvalue weighted by Gasteiger charge is -2.45. The minimum absolute atomic E-state index is 0.00904. The van der Waals surface area contributed by atoms with Crippen LogP contribution in [0.4, 0.5) is 14.0 Å². The first-order valence-corrected chi connectivity index (χ1v) is 19.0. The van der Waals surface area contributed by atoms with Gasteiger partial charge in [0.25, 0.3) is 0 Å². The highest BCUT2D eigenvalue weighted by molar-refractivity contribution is 5.91. The number of methoxy groups -OCH3 is 2. The van der Waals surface area contributed by atoms with E-state index in [-0.39, 0.29) is 49.1 Å². The second-order valence-corrected chi connectivity index (χ2v) is 15.4. The van der Waals surface area contributed by atoms with E-state index in [9.17, 15) is 23.9 Å². The van der Waals surface area contributed by atoms with Gasteiger partial charge in [0.1, 0.15) is 11.4 Å². The summed E-state index contributed by atoms with van der Waals surface area (Å²) in [6, 6.07) is 9.79. The summed E-state index contributed by atoms with van der Waals surface area (Å²) < 4.78 is 41.4. The molecule has 302 valence electrons. The van der Waals surface area contributed by atoms with E-state index in [4.69, 9.17) is 23.7 Å². The Hall–Kier alpha value is -3.94. The molecule has 12 nitrogen and oxygen atoms in total. The number of urea groups is 1. The van der Waals surface area contributed by atoms with Gasteiger partial charge in [0, 0.05) is 39.2 Å². The number of carbonyl (C=O) groups is 3. The average molecular weight is 760 g/mol. The number of ether oxygens (including phenoxy) is 5. The number of benzene rings is 2. The van der Waals surface area contributed by atoms with Gasteiger partial charge in [-0.25, -0.2) is 19.3 Å². The molecule has 1 aliphatic rings. The van der Waals surface area contributed by atoms with Crippen molar-refractivity contribution in [2.75, 3.05) is 47.2 Å². The molecule has 1 saturated heterocycles. The van der Waals surface area contributed by atoms with Gasteiger partial charge in [0.05, 0.1) is 38.5 Å². The van der Waals surface area contributed by atoms with Crippen LogP contribution >= 0.6 is 0 Å². The molecule has 0 unspecified atom stereocenters. The number of nitrogens with one attached hydrogen (secondary N) is 2. The zero-order valence-electron chi connectivity index (χ0n) is 33.5. The Kier molecular flexibility index (Phi) is 17.5. The number of aliphatic hydroxyl groups is 1. The van der Waals surface area contributed by atoms with E-state index in [1.54, 1.807) is 47.1 Å².